The van der Waals surface area contributed by atoms with Gasteiger partial charge in [0.05, 0.1) is 21.1 Å². The van der Waals surface area contributed by atoms with E-state index in [1.807, 2.05) is 6.07 Å². The molecule has 1 N–H and O–H groups in total. The molecule has 0 amide bonds. The average Bonchev–Trinajstić information content (AvgIpc) is 2.27. The van der Waals surface area contributed by atoms with Gasteiger partial charge < -0.3 is 5.32 Å². The zero-order chi connectivity index (χ0) is 14.7. The van der Waals surface area contributed by atoms with Crippen LogP contribution in [0.25, 0.3) is 0 Å². The highest BCUT2D eigenvalue weighted by molar-refractivity contribution is 7.92. The Morgan fingerprint density at radius 1 is 1.37 bits per heavy atom. The molecule has 0 spiro atoms. The molecule has 19 heavy (non-hydrogen) atoms. The van der Waals surface area contributed by atoms with Gasteiger partial charge in [0.15, 0.2) is 9.84 Å². The first kappa shape index (κ1) is 15.8. The van der Waals surface area contributed by atoms with Gasteiger partial charge in [0, 0.05) is 12.2 Å². The van der Waals surface area contributed by atoms with Crippen molar-refractivity contribution >= 4 is 27.1 Å². The van der Waals surface area contributed by atoms with Crippen molar-refractivity contribution in [3.63, 3.8) is 0 Å². The third-order valence-electron chi connectivity index (χ3n) is 2.72. The highest BCUT2D eigenvalue weighted by Gasteiger charge is 2.28. The van der Waals surface area contributed by atoms with E-state index in [-0.39, 0.29) is 5.75 Å². The van der Waals surface area contributed by atoms with Gasteiger partial charge in [0.25, 0.3) is 0 Å². The summed E-state index contributed by atoms with van der Waals surface area (Å²) in [6, 6.07) is 6.88. The van der Waals surface area contributed by atoms with Crippen molar-refractivity contribution in [2.24, 2.45) is 0 Å². The Hall–Kier alpha value is -1.25. The van der Waals surface area contributed by atoms with Crippen LogP contribution >= 0.6 is 11.6 Å². The fraction of sp³-hybridized carbons (Fsp3) is 0.462. The molecule has 0 aliphatic carbocycles. The maximum atomic E-state index is 11.9. The van der Waals surface area contributed by atoms with Crippen molar-refractivity contribution in [2.45, 2.75) is 25.5 Å². The van der Waals surface area contributed by atoms with Crippen molar-refractivity contribution in [1.29, 1.82) is 5.26 Å². The summed E-state index contributed by atoms with van der Waals surface area (Å²) in [5, 5.41) is 12.1. The van der Waals surface area contributed by atoms with Crippen LogP contribution in [0.1, 0.15) is 26.3 Å². The minimum Gasteiger partial charge on any atom is -0.384 e. The molecular formula is C13H17ClN2O2S. The van der Waals surface area contributed by atoms with Gasteiger partial charge in [-0.3, -0.25) is 0 Å². The smallest absolute Gasteiger partial charge is 0.156 e. The molecule has 0 bridgehead atoms. The fourth-order valence-corrected chi connectivity index (χ4v) is 2.56. The van der Waals surface area contributed by atoms with E-state index in [4.69, 9.17) is 16.9 Å². The average molecular weight is 301 g/mol. The number of benzene rings is 1. The molecule has 0 saturated heterocycles. The molecule has 4 nitrogen and oxygen atoms in total. The molecule has 0 aliphatic heterocycles. The summed E-state index contributed by atoms with van der Waals surface area (Å²) in [5.74, 6) is 0.0497. The zero-order valence-corrected chi connectivity index (χ0v) is 12.8. The predicted octanol–water partition coefficient (Wildman–Crippen LogP) is 2.84. The number of nitrogens with one attached hydrogen (secondary N) is 1. The number of nitrogens with zero attached hydrogens (tertiary/aromatic N) is 1. The number of nitriles is 1. The molecule has 0 unspecified atom stereocenters. The largest absolute Gasteiger partial charge is 0.384 e. The first-order valence-corrected chi connectivity index (χ1v) is 7.86. The van der Waals surface area contributed by atoms with Crippen molar-refractivity contribution in [2.75, 3.05) is 17.6 Å². The summed E-state index contributed by atoms with van der Waals surface area (Å²) in [7, 11) is -3.14. The maximum Gasteiger partial charge on any atom is 0.156 e. The van der Waals surface area contributed by atoms with Crippen LogP contribution in [-0.2, 0) is 9.84 Å². The Morgan fingerprint density at radius 2 is 2.00 bits per heavy atom. The number of anilines is 1. The number of rotatable bonds is 4. The molecule has 0 atom stereocenters. The summed E-state index contributed by atoms with van der Waals surface area (Å²) >= 11 is 5.89. The number of hydrogen-bond donors (Lipinski definition) is 1. The monoisotopic (exact) mass is 300 g/mol. The minimum absolute atomic E-state index is 0.0497. The third-order valence-corrected chi connectivity index (χ3v) is 5.64. The summed E-state index contributed by atoms with van der Waals surface area (Å²) in [6.07, 6.45) is 0. The van der Waals surface area contributed by atoms with E-state index in [0.29, 0.717) is 22.8 Å². The van der Waals surface area contributed by atoms with E-state index < -0.39 is 14.6 Å². The molecule has 104 valence electrons. The topological polar surface area (TPSA) is 70.0 Å². The number of hydrogen-bond acceptors (Lipinski definition) is 4. The van der Waals surface area contributed by atoms with Gasteiger partial charge >= 0.3 is 0 Å². The molecule has 6 heteroatoms. The van der Waals surface area contributed by atoms with Crippen LogP contribution in [0.5, 0.6) is 0 Å². The van der Waals surface area contributed by atoms with Gasteiger partial charge in [-0.1, -0.05) is 11.6 Å². The molecule has 0 radical (unpaired) electrons. The Kier molecular flexibility index (Phi) is 4.83. The van der Waals surface area contributed by atoms with Gasteiger partial charge in [0.2, 0.25) is 0 Å². The summed E-state index contributed by atoms with van der Waals surface area (Å²) in [5.41, 5.74) is 1.10. The highest BCUT2D eigenvalue weighted by atomic mass is 35.5. The first-order chi connectivity index (χ1) is 8.67. The van der Waals surface area contributed by atoms with Crippen LogP contribution in [0.15, 0.2) is 18.2 Å². The van der Waals surface area contributed by atoms with Crippen LogP contribution in [0, 0.1) is 11.3 Å². The summed E-state index contributed by atoms with van der Waals surface area (Å²) < 4.78 is 23.0. The van der Waals surface area contributed by atoms with Gasteiger partial charge in [-0.25, -0.2) is 8.42 Å². The summed E-state index contributed by atoms with van der Waals surface area (Å²) in [6.45, 7) is 5.35. The molecule has 1 rings (SSSR count). The Morgan fingerprint density at radius 3 is 2.47 bits per heavy atom. The van der Waals surface area contributed by atoms with E-state index in [1.54, 1.807) is 39.0 Å². The zero-order valence-electron chi connectivity index (χ0n) is 11.2. The lowest BCUT2D eigenvalue weighted by molar-refractivity contribution is 0.560. The molecule has 1 aromatic rings. The molecule has 0 heterocycles. The van der Waals surface area contributed by atoms with Gasteiger partial charge in [-0.2, -0.15) is 5.26 Å². The Labute approximate surface area is 119 Å². The van der Waals surface area contributed by atoms with Crippen LogP contribution in [-0.4, -0.2) is 25.5 Å². The second-order valence-electron chi connectivity index (χ2n) is 5.16. The molecule has 0 saturated carbocycles. The molecule has 1 aromatic carbocycles. The van der Waals surface area contributed by atoms with Crippen molar-refractivity contribution in [3.05, 3.63) is 28.8 Å². The minimum atomic E-state index is -3.14. The summed E-state index contributed by atoms with van der Waals surface area (Å²) in [4.78, 5) is 0. The lowest BCUT2D eigenvalue weighted by atomic mass is 10.2. The molecular weight excluding hydrogens is 284 g/mol. The van der Waals surface area contributed by atoms with E-state index in [0.717, 1.165) is 0 Å². The van der Waals surface area contributed by atoms with Crippen LogP contribution in [0.4, 0.5) is 5.69 Å². The van der Waals surface area contributed by atoms with Crippen LogP contribution in [0.3, 0.4) is 0 Å². The van der Waals surface area contributed by atoms with E-state index in [2.05, 4.69) is 5.32 Å². The molecule has 0 fully saturated rings. The van der Waals surface area contributed by atoms with Crippen molar-refractivity contribution in [1.82, 2.24) is 0 Å². The Bertz CT molecular complexity index is 598. The molecule has 0 aliphatic rings. The fourth-order valence-electron chi connectivity index (χ4n) is 1.35. The van der Waals surface area contributed by atoms with Crippen molar-refractivity contribution < 1.29 is 8.42 Å². The standard InChI is InChI=1S/C13H17ClN2O2S/c1-13(2,3)19(17,18)7-6-16-11-5-4-10(9-15)12(14)8-11/h4-5,8,16H,6-7H2,1-3H3. The SMILES string of the molecule is CC(C)(C)S(=O)(=O)CCNc1ccc(C#N)c(Cl)c1. The predicted molar refractivity (Wildman–Crippen MR) is 78.2 cm³/mol. The second-order valence-corrected chi connectivity index (χ2v) is 8.43. The number of sulfone groups is 1. The van der Waals surface area contributed by atoms with E-state index >= 15 is 0 Å². The quantitative estimate of drug-likeness (QED) is 0.928. The first-order valence-electron chi connectivity index (χ1n) is 5.83. The van der Waals surface area contributed by atoms with E-state index in [1.165, 1.54) is 0 Å². The number of halogens is 1. The van der Waals surface area contributed by atoms with Gasteiger partial charge in [-0.15, -0.1) is 0 Å². The lowest BCUT2D eigenvalue weighted by Crippen LogP contribution is -2.32. The van der Waals surface area contributed by atoms with Crippen molar-refractivity contribution in [3.8, 4) is 6.07 Å². The highest BCUT2D eigenvalue weighted by Crippen LogP contribution is 2.20. The lowest BCUT2D eigenvalue weighted by Gasteiger charge is -2.19. The van der Waals surface area contributed by atoms with E-state index in [9.17, 15) is 8.42 Å². The van der Waals surface area contributed by atoms with Crippen LogP contribution in [0.2, 0.25) is 5.02 Å². The Balaban J connectivity index is 2.65. The normalized spacial score (nSPS) is 11.9. The third kappa shape index (κ3) is 4.12. The molecule has 0 aromatic heterocycles. The van der Waals surface area contributed by atoms with Gasteiger partial charge in [-0.05, 0) is 39.0 Å². The second kappa shape index (κ2) is 5.81. The van der Waals surface area contributed by atoms with Gasteiger partial charge in [0.1, 0.15) is 6.07 Å². The maximum absolute atomic E-state index is 11.9. The van der Waals surface area contributed by atoms with Crippen LogP contribution < -0.4 is 5.32 Å².